The first kappa shape index (κ1) is 13.3. The van der Waals surface area contributed by atoms with E-state index in [4.69, 9.17) is 0 Å². The lowest BCUT2D eigenvalue weighted by atomic mass is 9.97. The summed E-state index contributed by atoms with van der Waals surface area (Å²) < 4.78 is 0. The summed E-state index contributed by atoms with van der Waals surface area (Å²) in [7, 11) is 0. The summed E-state index contributed by atoms with van der Waals surface area (Å²) in [5, 5.41) is 3.55. The molecule has 2 heterocycles. The lowest BCUT2D eigenvalue weighted by Crippen LogP contribution is -2.40. The van der Waals surface area contributed by atoms with Crippen LogP contribution in [-0.2, 0) is 0 Å². The Labute approximate surface area is 111 Å². The molecule has 0 radical (unpaired) electrons. The maximum atomic E-state index is 4.18. The fourth-order valence-electron chi connectivity index (χ4n) is 2.75. The molecule has 18 heavy (non-hydrogen) atoms. The summed E-state index contributed by atoms with van der Waals surface area (Å²) in [6, 6.07) is 2.15. The van der Waals surface area contributed by atoms with Gasteiger partial charge in [0, 0.05) is 31.2 Å². The molecular formula is C15H25N3. The fraction of sp³-hybridized carbons (Fsp3) is 0.667. The molecule has 0 bridgehead atoms. The van der Waals surface area contributed by atoms with Gasteiger partial charge in [-0.05, 0) is 56.8 Å². The molecule has 1 unspecified atom stereocenters. The van der Waals surface area contributed by atoms with Crippen LogP contribution in [0.25, 0.3) is 0 Å². The lowest BCUT2D eigenvalue weighted by Gasteiger charge is -2.35. The topological polar surface area (TPSA) is 28.2 Å². The average molecular weight is 247 g/mol. The first-order valence-corrected chi connectivity index (χ1v) is 7.17. The molecule has 1 fully saturated rings. The second kappa shape index (κ2) is 6.74. The van der Waals surface area contributed by atoms with Crippen molar-refractivity contribution in [1.29, 1.82) is 0 Å². The molecule has 3 nitrogen and oxygen atoms in total. The third-order valence-corrected chi connectivity index (χ3v) is 3.71. The third kappa shape index (κ3) is 3.45. The minimum absolute atomic E-state index is 0.790. The first-order valence-electron chi connectivity index (χ1n) is 7.17. The Bertz CT molecular complexity index is 365. The Morgan fingerprint density at radius 1 is 1.50 bits per heavy atom. The molecule has 1 aliphatic heterocycles. The van der Waals surface area contributed by atoms with E-state index < -0.39 is 0 Å². The number of nitrogens with zero attached hydrogens (tertiary/aromatic N) is 2. The van der Waals surface area contributed by atoms with Crippen molar-refractivity contribution in [2.75, 3.05) is 31.1 Å². The highest BCUT2D eigenvalue weighted by Gasteiger charge is 2.20. The zero-order chi connectivity index (χ0) is 12.8. The van der Waals surface area contributed by atoms with Crippen LogP contribution in [0.5, 0.6) is 0 Å². The van der Waals surface area contributed by atoms with Gasteiger partial charge < -0.3 is 10.2 Å². The van der Waals surface area contributed by atoms with E-state index in [1.165, 1.54) is 43.6 Å². The second-order valence-electron chi connectivity index (χ2n) is 5.32. The third-order valence-electron chi connectivity index (χ3n) is 3.71. The molecule has 1 saturated heterocycles. The van der Waals surface area contributed by atoms with Gasteiger partial charge >= 0.3 is 0 Å². The van der Waals surface area contributed by atoms with E-state index in [0.29, 0.717) is 0 Å². The van der Waals surface area contributed by atoms with Crippen LogP contribution in [0.3, 0.4) is 0 Å². The summed E-state index contributed by atoms with van der Waals surface area (Å²) >= 11 is 0. The molecule has 3 heteroatoms. The van der Waals surface area contributed by atoms with Crippen LogP contribution in [0.15, 0.2) is 18.5 Å². The fourth-order valence-corrected chi connectivity index (χ4v) is 2.75. The number of aryl methyl sites for hydroxylation is 1. The number of pyridine rings is 1. The molecule has 1 atom stereocenters. The molecule has 1 aromatic heterocycles. The summed E-state index contributed by atoms with van der Waals surface area (Å²) in [5.74, 6) is 0.790. The monoisotopic (exact) mass is 247 g/mol. The van der Waals surface area contributed by atoms with Gasteiger partial charge in [0.1, 0.15) is 0 Å². The SMILES string of the molecule is CCCNCC1CCCN(c2ccncc2C)C1. The summed E-state index contributed by atoms with van der Waals surface area (Å²) in [5.41, 5.74) is 2.66. The quantitative estimate of drug-likeness (QED) is 0.811. The molecule has 2 rings (SSSR count). The molecule has 1 aromatic rings. The van der Waals surface area contributed by atoms with Gasteiger partial charge in [-0.15, -0.1) is 0 Å². The number of hydrogen-bond acceptors (Lipinski definition) is 3. The van der Waals surface area contributed by atoms with Crippen LogP contribution in [0, 0.1) is 12.8 Å². The van der Waals surface area contributed by atoms with Crippen LogP contribution >= 0.6 is 0 Å². The normalized spacial score (nSPS) is 20.1. The minimum Gasteiger partial charge on any atom is -0.371 e. The molecule has 0 spiro atoms. The standard InChI is InChI=1S/C15H25N3/c1-3-7-16-11-14-5-4-9-18(12-14)15-6-8-17-10-13(15)2/h6,8,10,14,16H,3-5,7,9,11-12H2,1-2H3. The van der Waals surface area contributed by atoms with E-state index in [0.717, 1.165) is 19.0 Å². The number of nitrogens with one attached hydrogen (secondary N) is 1. The average Bonchev–Trinajstić information content (AvgIpc) is 2.40. The van der Waals surface area contributed by atoms with Gasteiger partial charge in [-0.1, -0.05) is 6.92 Å². The van der Waals surface area contributed by atoms with Gasteiger partial charge in [0.2, 0.25) is 0 Å². The van der Waals surface area contributed by atoms with Crippen LogP contribution in [0.1, 0.15) is 31.7 Å². The summed E-state index contributed by atoms with van der Waals surface area (Å²) in [4.78, 5) is 6.71. The molecule has 1 N–H and O–H groups in total. The Morgan fingerprint density at radius 3 is 3.17 bits per heavy atom. The van der Waals surface area contributed by atoms with Gasteiger partial charge in [-0.25, -0.2) is 0 Å². The molecule has 0 aromatic carbocycles. The number of hydrogen-bond donors (Lipinski definition) is 1. The van der Waals surface area contributed by atoms with Gasteiger partial charge in [-0.3, -0.25) is 4.98 Å². The smallest absolute Gasteiger partial charge is 0.0426 e. The van der Waals surface area contributed by atoms with E-state index in [9.17, 15) is 0 Å². The second-order valence-corrected chi connectivity index (χ2v) is 5.32. The number of piperidine rings is 1. The summed E-state index contributed by atoms with van der Waals surface area (Å²) in [6.45, 7) is 9.05. The van der Waals surface area contributed by atoms with E-state index >= 15 is 0 Å². The van der Waals surface area contributed by atoms with Gasteiger partial charge in [0.05, 0.1) is 0 Å². The maximum absolute atomic E-state index is 4.18. The Hall–Kier alpha value is -1.09. The van der Waals surface area contributed by atoms with Crippen LogP contribution in [0.2, 0.25) is 0 Å². The zero-order valence-electron chi connectivity index (χ0n) is 11.7. The van der Waals surface area contributed by atoms with Gasteiger partial charge in [0.25, 0.3) is 0 Å². The number of anilines is 1. The highest BCUT2D eigenvalue weighted by atomic mass is 15.1. The predicted molar refractivity (Wildman–Crippen MR) is 77.1 cm³/mol. The van der Waals surface area contributed by atoms with Crippen molar-refractivity contribution in [2.24, 2.45) is 5.92 Å². The van der Waals surface area contributed by atoms with E-state index in [1.807, 2.05) is 12.4 Å². The lowest BCUT2D eigenvalue weighted by molar-refractivity contribution is 0.392. The van der Waals surface area contributed by atoms with Crippen molar-refractivity contribution in [3.63, 3.8) is 0 Å². The maximum Gasteiger partial charge on any atom is 0.0426 e. The van der Waals surface area contributed by atoms with Crippen molar-refractivity contribution in [3.8, 4) is 0 Å². The van der Waals surface area contributed by atoms with Crippen LogP contribution < -0.4 is 10.2 Å². The Balaban J connectivity index is 1.92. The molecular weight excluding hydrogens is 222 g/mol. The zero-order valence-corrected chi connectivity index (χ0v) is 11.7. The van der Waals surface area contributed by atoms with Crippen LogP contribution in [-0.4, -0.2) is 31.2 Å². The highest BCUT2D eigenvalue weighted by Crippen LogP contribution is 2.24. The summed E-state index contributed by atoms with van der Waals surface area (Å²) in [6.07, 6.45) is 7.76. The van der Waals surface area contributed by atoms with E-state index in [-0.39, 0.29) is 0 Å². The molecule has 0 amide bonds. The minimum atomic E-state index is 0.790. The van der Waals surface area contributed by atoms with Gasteiger partial charge in [0.15, 0.2) is 0 Å². The van der Waals surface area contributed by atoms with Crippen molar-refractivity contribution >= 4 is 5.69 Å². The first-order chi connectivity index (χ1) is 8.81. The highest BCUT2D eigenvalue weighted by molar-refractivity contribution is 5.51. The molecule has 1 aliphatic rings. The largest absolute Gasteiger partial charge is 0.371 e. The van der Waals surface area contributed by atoms with Crippen LogP contribution in [0.4, 0.5) is 5.69 Å². The predicted octanol–water partition coefficient (Wildman–Crippen LogP) is 2.61. The number of aromatic nitrogens is 1. The van der Waals surface area contributed by atoms with Crippen molar-refractivity contribution < 1.29 is 0 Å². The molecule has 0 saturated carbocycles. The molecule has 0 aliphatic carbocycles. The van der Waals surface area contributed by atoms with Crippen molar-refractivity contribution in [2.45, 2.75) is 33.1 Å². The van der Waals surface area contributed by atoms with Gasteiger partial charge in [-0.2, -0.15) is 0 Å². The Morgan fingerprint density at radius 2 is 2.39 bits per heavy atom. The van der Waals surface area contributed by atoms with E-state index in [2.05, 4.69) is 35.1 Å². The van der Waals surface area contributed by atoms with Crippen molar-refractivity contribution in [3.05, 3.63) is 24.0 Å². The number of rotatable bonds is 5. The van der Waals surface area contributed by atoms with Crippen molar-refractivity contribution in [1.82, 2.24) is 10.3 Å². The molecule has 100 valence electrons. The van der Waals surface area contributed by atoms with E-state index in [1.54, 1.807) is 0 Å². The Kier molecular flexibility index (Phi) is 5.00.